The maximum absolute atomic E-state index is 12.6. The lowest BCUT2D eigenvalue weighted by atomic mass is 10.1. The fourth-order valence-corrected chi connectivity index (χ4v) is 2.85. The Morgan fingerprint density at radius 2 is 1.88 bits per heavy atom. The van der Waals surface area contributed by atoms with E-state index >= 15 is 0 Å². The first-order valence-corrected chi connectivity index (χ1v) is 8.17. The van der Waals surface area contributed by atoms with Crippen LogP contribution in [0.5, 0.6) is 5.75 Å². The zero-order valence-corrected chi connectivity index (χ0v) is 14.6. The number of benzene rings is 2. The molecule has 0 saturated carbocycles. The second-order valence-electron chi connectivity index (χ2n) is 5.82. The van der Waals surface area contributed by atoms with Gasteiger partial charge in [-0.25, -0.2) is 4.90 Å². The van der Waals surface area contributed by atoms with E-state index in [2.05, 4.69) is 5.32 Å². The molecule has 0 aliphatic carbocycles. The van der Waals surface area contributed by atoms with Crippen LogP contribution in [-0.2, 0) is 14.4 Å². The summed E-state index contributed by atoms with van der Waals surface area (Å²) in [4.78, 5) is 37.1. The Balaban J connectivity index is 1.85. The Labute approximate surface area is 154 Å². The number of imide groups is 1. The molecule has 6 nitrogen and oxygen atoms in total. The highest BCUT2D eigenvalue weighted by atomic mass is 35.5. The lowest BCUT2D eigenvalue weighted by Crippen LogP contribution is -2.28. The van der Waals surface area contributed by atoms with Gasteiger partial charge in [-0.3, -0.25) is 14.4 Å². The predicted octanol–water partition coefficient (Wildman–Crippen LogP) is 3.35. The highest BCUT2D eigenvalue weighted by Gasteiger charge is 2.34. The Morgan fingerprint density at radius 3 is 2.50 bits per heavy atom. The Bertz CT molecular complexity index is 935. The number of halogens is 1. The monoisotopic (exact) mass is 370 g/mol. The first-order valence-electron chi connectivity index (χ1n) is 7.79. The number of hydrogen-bond acceptors (Lipinski definition) is 4. The molecule has 2 aromatic rings. The highest BCUT2D eigenvalue weighted by molar-refractivity contribution is 6.32. The minimum Gasteiger partial charge on any atom is -0.506 e. The molecule has 2 aromatic carbocycles. The largest absolute Gasteiger partial charge is 0.506 e. The molecular formula is C19H15ClN2O4. The molecule has 0 radical (unpaired) electrons. The van der Waals surface area contributed by atoms with Crippen LogP contribution in [0.4, 0.5) is 11.4 Å². The van der Waals surface area contributed by atoms with Gasteiger partial charge in [0, 0.05) is 18.2 Å². The molecule has 0 unspecified atom stereocenters. The van der Waals surface area contributed by atoms with Crippen LogP contribution < -0.4 is 10.2 Å². The maximum atomic E-state index is 12.6. The average Bonchev–Trinajstić information content (AvgIpc) is 2.85. The van der Waals surface area contributed by atoms with Crippen LogP contribution in [0.15, 0.2) is 48.0 Å². The van der Waals surface area contributed by atoms with Crippen LogP contribution in [0, 0.1) is 0 Å². The molecule has 132 valence electrons. The van der Waals surface area contributed by atoms with Crippen molar-refractivity contribution in [3.63, 3.8) is 0 Å². The summed E-state index contributed by atoms with van der Waals surface area (Å²) < 4.78 is 0. The Hall–Kier alpha value is -3.12. The lowest BCUT2D eigenvalue weighted by molar-refractivity contribution is -0.120. The van der Waals surface area contributed by atoms with Crippen molar-refractivity contribution in [1.29, 1.82) is 0 Å². The molecule has 3 rings (SSSR count). The van der Waals surface area contributed by atoms with E-state index in [9.17, 15) is 19.5 Å². The quantitative estimate of drug-likeness (QED) is 0.640. The molecule has 26 heavy (non-hydrogen) atoms. The van der Waals surface area contributed by atoms with Gasteiger partial charge >= 0.3 is 0 Å². The van der Waals surface area contributed by atoms with Gasteiger partial charge in [0.05, 0.1) is 17.1 Å². The SMILES string of the molecule is CC(=O)Nc1ccc(N2C(=O)CC(=Cc3ccc(O)c(Cl)c3)C2=O)cc1. The van der Waals surface area contributed by atoms with Gasteiger partial charge < -0.3 is 10.4 Å². The van der Waals surface area contributed by atoms with Gasteiger partial charge in [-0.1, -0.05) is 17.7 Å². The molecule has 2 N–H and O–H groups in total. The molecule has 0 atom stereocenters. The molecule has 7 heteroatoms. The fraction of sp³-hybridized carbons (Fsp3) is 0.105. The van der Waals surface area contributed by atoms with Crippen molar-refractivity contribution in [1.82, 2.24) is 0 Å². The molecule has 1 saturated heterocycles. The summed E-state index contributed by atoms with van der Waals surface area (Å²) in [7, 11) is 0. The third-order valence-electron chi connectivity index (χ3n) is 3.83. The average molecular weight is 371 g/mol. The molecule has 0 bridgehead atoms. The van der Waals surface area contributed by atoms with E-state index in [1.165, 1.54) is 19.1 Å². The van der Waals surface area contributed by atoms with Crippen molar-refractivity contribution in [2.75, 3.05) is 10.2 Å². The predicted molar refractivity (Wildman–Crippen MR) is 98.9 cm³/mol. The van der Waals surface area contributed by atoms with Gasteiger partial charge in [0.2, 0.25) is 11.8 Å². The van der Waals surface area contributed by atoms with E-state index in [1.807, 2.05) is 0 Å². The number of rotatable bonds is 3. The third kappa shape index (κ3) is 3.60. The summed E-state index contributed by atoms with van der Waals surface area (Å²) in [5, 5.41) is 12.3. The minimum atomic E-state index is -0.411. The molecule has 0 aromatic heterocycles. The molecule has 0 spiro atoms. The van der Waals surface area contributed by atoms with Crippen LogP contribution in [-0.4, -0.2) is 22.8 Å². The lowest BCUT2D eigenvalue weighted by Gasteiger charge is -2.14. The van der Waals surface area contributed by atoms with Crippen LogP contribution in [0.1, 0.15) is 18.9 Å². The number of phenols is 1. The van der Waals surface area contributed by atoms with Gasteiger partial charge in [-0.2, -0.15) is 0 Å². The first kappa shape index (κ1) is 17.7. The van der Waals surface area contributed by atoms with Crippen LogP contribution in [0.25, 0.3) is 6.08 Å². The molecule has 1 aliphatic rings. The zero-order valence-electron chi connectivity index (χ0n) is 13.8. The maximum Gasteiger partial charge on any atom is 0.261 e. The number of aromatic hydroxyl groups is 1. The van der Waals surface area contributed by atoms with E-state index in [0.29, 0.717) is 22.5 Å². The summed E-state index contributed by atoms with van der Waals surface area (Å²) in [6, 6.07) is 11.0. The molecule has 1 heterocycles. The van der Waals surface area contributed by atoms with E-state index in [4.69, 9.17) is 11.6 Å². The molecule has 3 amide bonds. The number of hydrogen-bond donors (Lipinski definition) is 2. The summed E-state index contributed by atoms with van der Waals surface area (Å²) in [6.45, 7) is 1.40. The van der Waals surface area contributed by atoms with Gasteiger partial charge in [0.25, 0.3) is 5.91 Å². The summed E-state index contributed by atoms with van der Waals surface area (Å²) >= 11 is 5.87. The summed E-state index contributed by atoms with van der Waals surface area (Å²) in [5.74, 6) is -1.00. The number of phenolic OH excluding ortho intramolecular Hbond substituents is 1. The van der Waals surface area contributed by atoms with Crippen LogP contribution >= 0.6 is 11.6 Å². The number of nitrogens with one attached hydrogen (secondary N) is 1. The standard InChI is InChI=1S/C19H15ClN2O4/c1-11(23)21-14-3-5-15(6-4-14)22-18(25)10-13(19(22)26)8-12-2-7-17(24)16(20)9-12/h2-9,24H,10H2,1H3,(H,21,23). The van der Waals surface area contributed by atoms with Crippen molar-refractivity contribution < 1.29 is 19.5 Å². The van der Waals surface area contributed by atoms with E-state index in [1.54, 1.807) is 36.4 Å². The third-order valence-corrected chi connectivity index (χ3v) is 4.13. The van der Waals surface area contributed by atoms with Gasteiger partial charge in [0.15, 0.2) is 0 Å². The Kier molecular flexibility index (Phi) is 4.77. The smallest absolute Gasteiger partial charge is 0.261 e. The zero-order chi connectivity index (χ0) is 18.8. The van der Waals surface area contributed by atoms with Crippen molar-refractivity contribution in [3.8, 4) is 5.75 Å². The van der Waals surface area contributed by atoms with Crippen molar-refractivity contribution in [3.05, 3.63) is 58.6 Å². The second kappa shape index (κ2) is 7.01. The van der Waals surface area contributed by atoms with Crippen molar-refractivity contribution in [2.45, 2.75) is 13.3 Å². The summed E-state index contributed by atoms with van der Waals surface area (Å²) in [5.41, 5.74) is 1.96. The second-order valence-corrected chi connectivity index (χ2v) is 6.23. The molecule has 1 fully saturated rings. The number of carbonyl (C=O) groups is 3. The molecular weight excluding hydrogens is 356 g/mol. The minimum absolute atomic E-state index is 0.0230. The van der Waals surface area contributed by atoms with Gasteiger partial charge in [-0.05, 0) is 48.0 Å². The van der Waals surface area contributed by atoms with Crippen molar-refractivity contribution >= 4 is 46.8 Å². The van der Waals surface area contributed by atoms with Gasteiger partial charge in [-0.15, -0.1) is 0 Å². The highest BCUT2D eigenvalue weighted by Crippen LogP contribution is 2.30. The number of carbonyl (C=O) groups excluding carboxylic acids is 3. The summed E-state index contributed by atoms with van der Waals surface area (Å²) in [6.07, 6.45) is 1.56. The van der Waals surface area contributed by atoms with E-state index in [0.717, 1.165) is 4.90 Å². The van der Waals surface area contributed by atoms with E-state index < -0.39 is 5.91 Å². The number of amides is 3. The normalized spacial score (nSPS) is 15.6. The molecule has 1 aliphatic heterocycles. The Morgan fingerprint density at radius 1 is 1.19 bits per heavy atom. The van der Waals surface area contributed by atoms with Crippen LogP contribution in [0.2, 0.25) is 5.02 Å². The number of nitrogens with zero attached hydrogens (tertiary/aromatic N) is 1. The fourth-order valence-electron chi connectivity index (χ4n) is 2.66. The number of anilines is 2. The van der Waals surface area contributed by atoms with Crippen LogP contribution in [0.3, 0.4) is 0 Å². The van der Waals surface area contributed by atoms with E-state index in [-0.39, 0.29) is 29.0 Å². The van der Waals surface area contributed by atoms with Crippen molar-refractivity contribution in [2.24, 2.45) is 0 Å². The first-order chi connectivity index (χ1) is 12.3. The topological polar surface area (TPSA) is 86.7 Å². The van der Waals surface area contributed by atoms with Gasteiger partial charge in [0.1, 0.15) is 5.75 Å².